The van der Waals surface area contributed by atoms with Crippen molar-refractivity contribution >= 4 is 28.9 Å². The van der Waals surface area contributed by atoms with E-state index in [4.69, 9.17) is 0 Å². The molecule has 0 aliphatic heterocycles. The van der Waals surface area contributed by atoms with E-state index in [2.05, 4.69) is 31.0 Å². The molecule has 0 N–H and O–H groups in total. The van der Waals surface area contributed by atoms with Gasteiger partial charge >= 0.3 is 0 Å². The van der Waals surface area contributed by atoms with Crippen molar-refractivity contribution in [3.8, 4) is 0 Å². The summed E-state index contributed by atoms with van der Waals surface area (Å²) in [5, 5.41) is 8.80. The van der Waals surface area contributed by atoms with Crippen molar-refractivity contribution in [1.29, 1.82) is 0 Å². The number of aryl methyl sites for hydroxylation is 1. The number of carbonyl (C=O) groups excluding carboxylic acids is 1. The summed E-state index contributed by atoms with van der Waals surface area (Å²) in [7, 11) is 0. The van der Waals surface area contributed by atoms with Gasteiger partial charge in [0, 0.05) is 5.56 Å². The largest absolute Gasteiger partial charge is 0.293 e. The smallest absolute Gasteiger partial charge is 0.175 e. The monoisotopic (exact) mass is 320 g/mol. The van der Waals surface area contributed by atoms with Crippen molar-refractivity contribution in [3.05, 3.63) is 40.4 Å². The second-order valence-electron chi connectivity index (χ2n) is 6.04. The molecule has 0 bridgehead atoms. The fraction of sp³-hybridized carbons (Fsp3) is 0.438. The van der Waals surface area contributed by atoms with Crippen LogP contribution in [0.4, 0.5) is 0 Å². The van der Waals surface area contributed by atoms with Gasteiger partial charge in [0.25, 0.3) is 0 Å². The average Bonchev–Trinajstić information content (AvgIpc) is 2.82. The van der Waals surface area contributed by atoms with Crippen LogP contribution in [0.5, 0.6) is 0 Å². The summed E-state index contributed by atoms with van der Waals surface area (Å²) in [6.07, 6.45) is 0. The average molecular weight is 320 g/mol. The molecule has 2 aromatic rings. The van der Waals surface area contributed by atoms with Crippen molar-refractivity contribution in [2.24, 2.45) is 0 Å². The van der Waals surface area contributed by atoms with Crippen molar-refractivity contribution < 1.29 is 4.79 Å². The Kier molecular flexibility index (Phi) is 4.84. The lowest BCUT2D eigenvalue weighted by Crippen LogP contribution is -2.15. The van der Waals surface area contributed by atoms with Crippen LogP contribution in [-0.4, -0.2) is 21.2 Å². The first-order valence-corrected chi connectivity index (χ1v) is 8.58. The van der Waals surface area contributed by atoms with E-state index in [0.717, 1.165) is 14.9 Å². The Morgan fingerprint density at radius 1 is 1.19 bits per heavy atom. The summed E-state index contributed by atoms with van der Waals surface area (Å²) in [5.41, 5.74) is 2.09. The van der Waals surface area contributed by atoms with E-state index in [-0.39, 0.29) is 16.4 Å². The molecule has 3 nitrogen and oxygen atoms in total. The van der Waals surface area contributed by atoms with Crippen LogP contribution < -0.4 is 0 Å². The lowest BCUT2D eigenvalue weighted by molar-refractivity contribution is 0.0994. The molecule has 5 heteroatoms. The van der Waals surface area contributed by atoms with Gasteiger partial charge in [-0.1, -0.05) is 68.1 Å². The molecule has 1 unspecified atom stereocenters. The van der Waals surface area contributed by atoms with Crippen LogP contribution in [0.1, 0.15) is 48.6 Å². The van der Waals surface area contributed by atoms with Gasteiger partial charge in [-0.15, -0.1) is 10.2 Å². The van der Waals surface area contributed by atoms with Gasteiger partial charge in [0.1, 0.15) is 5.01 Å². The Balaban J connectivity index is 2.08. The van der Waals surface area contributed by atoms with Crippen molar-refractivity contribution in [1.82, 2.24) is 10.2 Å². The summed E-state index contributed by atoms with van der Waals surface area (Å²) in [6.45, 7) is 10.3. The zero-order valence-electron chi connectivity index (χ0n) is 13.0. The Hall–Kier alpha value is -1.20. The Morgan fingerprint density at radius 3 is 2.29 bits per heavy atom. The molecule has 0 saturated carbocycles. The lowest BCUT2D eigenvalue weighted by Gasteiger charge is -2.19. The normalized spacial score (nSPS) is 13.2. The van der Waals surface area contributed by atoms with Crippen LogP contribution in [-0.2, 0) is 5.41 Å². The number of thioether (sulfide) groups is 1. The minimum absolute atomic E-state index is 0.103. The molecule has 0 spiro atoms. The molecule has 2 rings (SSSR count). The van der Waals surface area contributed by atoms with Crippen LogP contribution in [0.2, 0.25) is 0 Å². The molecule has 1 heterocycles. The first-order valence-electron chi connectivity index (χ1n) is 6.89. The second kappa shape index (κ2) is 6.28. The van der Waals surface area contributed by atoms with Gasteiger partial charge in [-0.3, -0.25) is 4.79 Å². The first kappa shape index (κ1) is 16.2. The van der Waals surface area contributed by atoms with Gasteiger partial charge in [0.2, 0.25) is 0 Å². The highest BCUT2D eigenvalue weighted by Gasteiger charge is 2.19. The van der Waals surface area contributed by atoms with Gasteiger partial charge < -0.3 is 0 Å². The highest BCUT2D eigenvalue weighted by molar-refractivity contribution is 8.02. The second-order valence-corrected chi connectivity index (χ2v) is 8.81. The van der Waals surface area contributed by atoms with Gasteiger partial charge in [0.15, 0.2) is 10.1 Å². The Labute approximate surface area is 134 Å². The standard InChI is InChI=1S/C16H20N2OS2/c1-10(20-15-18-17-11(2)21-15)14(19)12-6-8-13(9-7-12)16(3,4)5/h6-10H,1-5H3. The number of nitrogens with zero attached hydrogens (tertiary/aromatic N) is 2. The number of ketones is 1. The van der Waals surface area contributed by atoms with Crippen molar-refractivity contribution in [2.45, 2.75) is 49.6 Å². The maximum atomic E-state index is 12.5. The third kappa shape index (κ3) is 4.14. The third-order valence-electron chi connectivity index (χ3n) is 3.19. The highest BCUT2D eigenvalue weighted by atomic mass is 32.2. The number of hydrogen-bond donors (Lipinski definition) is 0. The Bertz CT molecular complexity index is 626. The van der Waals surface area contributed by atoms with Crippen LogP contribution >= 0.6 is 23.1 Å². The van der Waals surface area contributed by atoms with E-state index in [0.29, 0.717) is 0 Å². The Morgan fingerprint density at radius 2 is 1.81 bits per heavy atom. The summed E-state index contributed by atoms with van der Waals surface area (Å²) in [4.78, 5) is 12.5. The van der Waals surface area contributed by atoms with Gasteiger partial charge in [-0.05, 0) is 24.8 Å². The maximum Gasteiger partial charge on any atom is 0.175 e. The molecule has 0 aliphatic rings. The van der Waals surface area contributed by atoms with E-state index < -0.39 is 0 Å². The van der Waals surface area contributed by atoms with Gasteiger partial charge in [0.05, 0.1) is 5.25 Å². The molecule has 112 valence electrons. The molecule has 0 aliphatic carbocycles. The van der Waals surface area contributed by atoms with Gasteiger partial charge in [-0.2, -0.15) is 0 Å². The first-order chi connectivity index (χ1) is 9.77. The topological polar surface area (TPSA) is 42.9 Å². The van der Waals surface area contributed by atoms with E-state index >= 15 is 0 Å². The number of Topliss-reactive ketones (excluding diaryl/α,β-unsaturated/α-hetero) is 1. The zero-order chi connectivity index (χ0) is 15.6. The predicted molar refractivity (Wildman–Crippen MR) is 89.4 cm³/mol. The lowest BCUT2D eigenvalue weighted by atomic mass is 9.86. The number of aromatic nitrogens is 2. The van der Waals surface area contributed by atoms with Crippen molar-refractivity contribution in [2.75, 3.05) is 0 Å². The van der Waals surface area contributed by atoms with E-state index in [1.807, 2.05) is 38.1 Å². The van der Waals surface area contributed by atoms with Crippen LogP contribution in [0, 0.1) is 6.92 Å². The minimum atomic E-state index is -0.155. The van der Waals surface area contributed by atoms with E-state index in [9.17, 15) is 4.79 Å². The summed E-state index contributed by atoms with van der Waals surface area (Å²) in [5.74, 6) is 0.133. The van der Waals surface area contributed by atoms with Crippen molar-refractivity contribution in [3.63, 3.8) is 0 Å². The van der Waals surface area contributed by atoms with Crippen LogP contribution in [0.25, 0.3) is 0 Å². The summed E-state index contributed by atoms with van der Waals surface area (Å²) in [6, 6.07) is 7.93. The number of hydrogen-bond acceptors (Lipinski definition) is 5. The van der Waals surface area contributed by atoms with E-state index in [1.54, 1.807) is 0 Å². The summed E-state index contributed by atoms with van der Waals surface area (Å²) < 4.78 is 0.847. The maximum absolute atomic E-state index is 12.5. The fourth-order valence-corrected chi connectivity index (χ4v) is 3.94. The quantitative estimate of drug-likeness (QED) is 0.614. The molecule has 21 heavy (non-hydrogen) atoms. The van der Waals surface area contributed by atoms with E-state index in [1.165, 1.54) is 28.7 Å². The summed E-state index contributed by atoms with van der Waals surface area (Å²) >= 11 is 3.00. The molecule has 1 aromatic heterocycles. The molecule has 0 saturated heterocycles. The number of rotatable bonds is 4. The molecule has 0 radical (unpaired) electrons. The molecule has 0 fully saturated rings. The third-order valence-corrected chi connectivity index (χ3v) is 5.21. The molecule has 0 amide bonds. The van der Waals surface area contributed by atoms with Gasteiger partial charge in [-0.25, -0.2) is 0 Å². The minimum Gasteiger partial charge on any atom is -0.293 e. The number of benzene rings is 1. The SMILES string of the molecule is Cc1nnc(SC(C)C(=O)c2ccc(C(C)(C)C)cc2)s1. The predicted octanol–water partition coefficient (Wildman–Crippen LogP) is 4.51. The zero-order valence-corrected chi connectivity index (χ0v) is 14.6. The molecule has 1 atom stereocenters. The molecular formula is C16H20N2OS2. The number of carbonyl (C=O) groups is 1. The molecule has 1 aromatic carbocycles. The fourth-order valence-electron chi connectivity index (χ4n) is 1.90. The highest BCUT2D eigenvalue weighted by Crippen LogP contribution is 2.29. The van der Waals surface area contributed by atoms with Crippen LogP contribution in [0.15, 0.2) is 28.6 Å². The molecular weight excluding hydrogens is 300 g/mol. The van der Waals surface area contributed by atoms with Crippen LogP contribution in [0.3, 0.4) is 0 Å².